The van der Waals surface area contributed by atoms with Crippen LogP contribution in [0.1, 0.15) is 42.9 Å². The second-order valence-corrected chi connectivity index (χ2v) is 8.62. The summed E-state index contributed by atoms with van der Waals surface area (Å²) in [7, 11) is -9.58. The summed E-state index contributed by atoms with van der Waals surface area (Å²) in [5, 5.41) is 0. The Morgan fingerprint density at radius 1 is 0.769 bits per heavy atom. The van der Waals surface area contributed by atoms with E-state index in [4.69, 9.17) is 0 Å². The minimum absolute atomic E-state index is 0.464. The molecule has 0 aliphatic carbocycles. The molecule has 0 radical (unpaired) electrons. The Hall–Kier alpha value is -2.00. The van der Waals surface area contributed by atoms with Crippen molar-refractivity contribution in [2.75, 3.05) is 0 Å². The molecule has 0 aliphatic rings. The van der Waals surface area contributed by atoms with Gasteiger partial charge in [0.15, 0.2) is 0 Å². The fraction of sp³-hybridized carbons (Fsp3) is 0.300. The Morgan fingerprint density at radius 3 is 1.73 bits per heavy atom. The lowest BCUT2D eigenvalue weighted by atomic mass is 10.0. The first-order valence-electron chi connectivity index (χ1n) is 8.39. The van der Waals surface area contributed by atoms with Crippen molar-refractivity contribution in [3.63, 3.8) is 0 Å². The van der Waals surface area contributed by atoms with E-state index in [0.717, 1.165) is 42.5 Å². The number of unbranched alkanes of at least 4 members (excludes halogenated alkanes) is 2. The summed E-state index contributed by atoms with van der Waals surface area (Å²) in [6, 6.07) is 10.8. The molecule has 0 fully saturated rings. The van der Waals surface area contributed by atoms with Gasteiger partial charge in [0.1, 0.15) is 4.90 Å². The minimum atomic E-state index is -9.58. The average molecular weight is 388 g/mol. The molecular formula is C20H21F5S. The fourth-order valence-electron chi connectivity index (χ4n) is 2.39. The summed E-state index contributed by atoms with van der Waals surface area (Å²) >= 11 is 0. The zero-order valence-corrected chi connectivity index (χ0v) is 15.3. The van der Waals surface area contributed by atoms with Crippen LogP contribution in [0.15, 0.2) is 53.4 Å². The molecule has 0 unspecified atom stereocenters. The molecule has 26 heavy (non-hydrogen) atoms. The number of rotatable bonds is 6. The Bertz CT molecular complexity index is 794. The van der Waals surface area contributed by atoms with Gasteiger partial charge in [0.2, 0.25) is 0 Å². The van der Waals surface area contributed by atoms with Crippen LogP contribution in [0.5, 0.6) is 0 Å². The lowest BCUT2D eigenvalue weighted by Gasteiger charge is -2.40. The quantitative estimate of drug-likeness (QED) is 0.270. The lowest BCUT2D eigenvalue weighted by Crippen LogP contribution is -2.06. The van der Waals surface area contributed by atoms with Crippen molar-refractivity contribution in [2.45, 2.75) is 43.9 Å². The van der Waals surface area contributed by atoms with Crippen molar-refractivity contribution < 1.29 is 19.4 Å². The van der Waals surface area contributed by atoms with Crippen LogP contribution in [0.3, 0.4) is 0 Å². The van der Waals surface area contributed by atoms with E-state index in [1.165, 1.54) is 0 Å². The lowest BCUT2D eigenvalue weighted by molar-refractivity contribution is 0.364. The van der Waals surface area contributed by atoms with Crippen molar-refractivity contribution in [1.29, 1.82) is 0 Å². The first-order valence-corrected chi connectivity index (χ1v) is 10.3. The van der Waals surface area contributed by atoms with E-state index in [1.54, 1.807) is 0 Å². The van der Waals surface area contributed by atoms with E-state index in [1.807, 2.05) is 24.3 Å². The number of benzene rings is 2. The van der Waals surface area contributed by atoms with E-state index in [-0.39, 0.29) is 0 Å². The normalized spacial score (nSPS) is 14.1. The van der Waals surface area contributed by atoms with Gasteiger partial charge in [-0.1, -0.05) is 68.9 Å². The number of hydrogen-bond acceptors (Lipinski definition) is 0. The molecule has 0 atom stereocenters. The van der Waals surface area contributed by atoms with Crippen LogP contribution < -0.4 is 0 Å². The van der Waals surface area contributed by atoms with Gasteiger partial charge in [-0.2, -0.15) is 0 Å². The van der Waals surface area contributed by atoms with Gasteiger partial charge in [0.25, 0.3) is 0 Å². The second-order valence-electron chi connectivity index (χ2n) is 6.22. The highest BCUT2D eigenvalue weighted by atomic mass is 32.5. The molecule has 142 valence electrons. The third-order valence-electron chi connectivity index (χ3n) is 3.91. The first kappa shape index (κ1) is 20.3. The maximum atomic E-state index is 12.7. The third-order valence-corrected chi connectivity index (χ3v) is 5.08. The number of halogens is 5. The molecule has 0 aromatic heterocycles. The molecule has 2 rings (SSSR count). The highest BCUT2D eigenvalue weighted by Gasteiger charge is 2.65. The van der Waals surface area contributed by atoms with E-state index in [2.05, 4.69) is 18.8 Å². The SMILES string of the molecule is CCCCC#Cc1ccc(CCc2ccc(S(F)(F)(F)(F)F)cc2)cc1. The van der Waals surface area contributed by atoms with Crippen LogP contribution in [0.2, 0.25) is 0 Å². The van der Waals surface area contributed by atoms with Crippen molar-refractivity contribution in [3.8, 4) is 11.8 Å². The van der Waals surface area contributed by atoms with Crippen molar-refractivity contribution in [3.05, 3.63) is 65.2 Å². The summed E-state index contributed by atoms with van der Waals surface area (Å²) in [5.74, 6) is 6.19. The molecular weight excluding hydrogens is 367 g/mol. The monoisotopic (exact) mass is 388 g/mol. The maximum Gasteiger partial charge on any atom is 0.310 e. The molecule has 0 amide bonds. The first-order chi connectivity index (χ1) is 12.0. The van der Waals surface area contributed by atoms with Crippen LogP contribution in [-0.2, 0) is 12.8 Å². The summed E-state index contributed by atoms with van der Waals surface area (Å²) in [4.78, 5) is -1.85. The third kappa shape index (κ3) is 6.38. The largest absolute Gasteiger partial charge is 0.310 e. The molecule has 2 aromatic carbocycles. The second kappa shape index (κ2) is 6.96. The zero-order valence-electron chi connectivity index (χ0n) is 14.5. The molecule has 0 heterocycles. The standard InChI is InChI=1S/C20H21F5S/c1-2-3-4-5-6-17-7-9-18(10-8-17)11-12-19-13-15-20(16-14-19)26(21,22,23,24)25/h7-10,13-16H,2-4,11-12H2,1H3. The zero-order chi connectivity index (χ0) is 19.3. The molecule has 0 spiro atoms. The molecule has 0 saturated carbocycles. The summed E-state index contributed by atoms with van der Waals surface area (Å²) in [6.45, 7) is 2.11. The highest BCUT2D eigenvalue weighted by Crippen LogP contribution is 3.02. The van der Waals surface area contributed by atoms with E-state index >= 15 is 0 Å². The van der Waals surface area contributed by atoms with Crippen LogP contribution >= 0.6 is 10.2 Å². The van der Waals surface area contributed by atoms with Crippen LogP contribution in [-0.4, -0.2) is 0 Å². The van der Waals surface area contributed by atoms with E-state index in [9.17, 15) is 19.4 Å². The molecule has 0 N–H and O–H groups in total. The Morgan fingerprint density at radius 2 is 1.27 bits per heavy atom. The van der Waals surface area contributed by atoms with Crippen molar-refractivity contribution in [1.82, 2.24) is 0 Å². The Kier molecular flexibility index (Phi) is 5.44. The molecule has 0 nitrogen and oxygen atoms in total. The Labute approximate surface area is 151 Å². The topological polar surface area (TPSA) is 0 Å². The van der Waals surface area contributed by atoms with Gasteiger partial charge in [-0.15, -0.1) is 0 Å². The minimum Gasteiger partial charge on any atom is -0.0979 e. The average Bonchev–Trinajstić information content (AvgIpc) is 2.56. The molecule has 0 bridgehead atoms. The summed E-state index contributed by atoms with van der Waals surface area (Å²) < 4.78 is 63.4. The molecule has 2 aromatic rings. The van der Waals surface area contributed by atoms with Gasteiger partial charge >= 0.3 is 10.2 Å². The smallest absolute Gasteiger partial charge is 0.0979 e. The van der Waals surface area contributed by atoms with Gasteiger partial charge < -0.3 is 0 Å². The molecule has 6 heteroatoms. The van der Waals surface area contributed by atoms with Crippen LogP contribution in [0, 0.1) is 11.8 Å². The summed E-state index contributed by atoms with van der Waals surface area (Å²) in [5.41, 5.74) is 2.52. The molecule has 0 saturated heterocycles. The predicted octanol–water partition coefficient (Wildman–Crippen LogP) is 7.67. The van der Waals surface area contributed by atoms with Gasteiger partial charge in [-0.3, -0.25) is 0 Å². The molecule has 0 aliphatic heterocycles. The number of aryl methyl sites for hydroxylation is 2. The van der Waals surface area contributed by atoms with Gasteiger partial charge in [0, 0.05) is 12.0 Å². The van der Waals surface area contributed by atoms with Gasteiger partial charge in [-0.05, 0) is 54.7 Å². The summed E-state index contributed by atoms with van der Waals surface area (Å²) in [6.07, 6.45) is 4.14. The maximum absolute atomic E-state index is 12.7. The van der Waals surface area contributed by atoms with Gasteiger partial charge in [-0.25, -0.2) is 0 Å². The predicted molar refractivity (Wildman–Crippen MR) is 98.1 cm³/mol. The number of hydrogen-bond donors (Lipinski definition) is 0. The highest BCUT2D eigenvalue weighted by molar-refractivity contribution is 8.45. The van der Waals surface area contributed by atoms with Crippen molar-refractivity contribution in [2.24, 2.45) is 0 Å². The van der Waals surface area contributed by atoms with Crippen LogP contribution in [0.4, 0.5) is 19.4 Å². The Balaban J connectivity index is 1.96. The van der Waals surface area contributed by atoms with Crippen molar-refractivity contribution >= 4 is 10.2 Å². The fourth-order valence-corrected chi connectivity index (χ4v) is 3.04. The van der Waals surface area contributed by atoms with E-state index in [0.29, 0.717) is 30.5 Å². The van der Waals surface area contributed by atoms with E-state index < -0.39 is 15.1 Å². The van der Waals surface area contributed by atoms with Gasteiger partial charge in [0.05, 0.1) is 0 Å². The van der Waals surface area contributed by atoms with Crippen LogP contribution in [0.25, 0.3) is 0 Å².